The highest BCUT2D eigenvalue weighted by molar-refractivity contribution is 9.09. The number of carbonyl (C=O) groups is 2. The van der Waals surface area contributed by atoms with Crippen LogP contribution < -0.4 is 5.32 Å². The van der Waals surface area contributed by atoms with Gasteiger partial charge in [0.15, 0.2) is 0 Å². The van der Waals surface area contributed by atoms with Gasteiger partial charge in [0.1, 0.15) is 0 Å². The van der Waals surface area contributed by atoms with Crippen molar-refractivity contribution in [2.45, 2.75) is 18.9 Å². The fraction of sp³-hybridized carbons (Fsp3) is 0.500. The minimum absolute atomic E-state index is 0.162. The molecule has 0 aromatic heterocycles. The van der Waals surface area contributed by atoms with Gasteiger partial charge in [-0.2, -0.15) is 0 Å². The number of rotatable bonds is 5. The molecule has 6 heteroatoms. The van der Waals surface area contributed by atoms with Crippen LogP contribution in [-0.4, -0.2) is 37.5 Å². The number of hydrogen-bond donors (Lipinski definition) is 1. The largest absolute Gasteiger partial charge is 0.469 e. The Kier molecular flexibility index (Phi) is 5.91. The monoisotopic (exact) mass is 317 g/mol. The number of nitrogens with one attached hydrogen (secondary N) is 1. The molecule has 0 aliphatic carbocycles. The van der Waals surface area contributed by atoms with Crippen LogP contribution in [0.5, 0.6) is 0 Å². The number of hydrogen-bond acceptors (Lipinski definition) is 5. The molecule has 0 aromatic carbocycles. The summed E-state index contributed by atoms with van der Waals surface area (Å²) in [6.45, 7) is 0. The molecule has 0 bridgehead atoms. The summed E-state index contributed by atoms with van der Waals surface area (Å²) in [7, 11) is 2.68. The van der Waals surface area contributed by atoms with Crippen LogP contribution in [0.2, 0.25) is 0 Å². The van der Waals surface area contributed by atoms with Crippen molar-refractivity contribution in [2.75, 3.05) is 19.5 Å². The molecule has 18 heavy (non-hydrogen) atoms. The summed E-state index contributed by atoms with van der Waals surface area (Å²) in [4.78, 5) is 22.6. The van der Waals surface area contributed by atoms with E-state index >= 15 is 0 Å². The quantitative estimate of drug-likeness (QED) is 0.611. The predicted octanol–water partition coefficient (Wildman–Crippen LogP) is 1.29. The molecule has 0 saturated heterocycles. The molecule has 1 heterocycles. The van der Waals surface area contributed by atoms with Crippen LogP contribution in [0.3, 0.4) is 0 Å². The van der Waals surface area contributed by atoms with Gasteiger partial charge >= 0.3 is 11.9 Å². The van der Waals surface area contributed by atoms with E-state index in [0.29, 0.717) is 5.33 Å². The van der Waals surface area contributed by atoms with E-state index in [4.69, 9.17) is 0 Å². The smallest absolute Gasteiger partial charge is 0.309 e. The van der Waals surface area contributed by atoms with E-state index < -0.39 is 0 Å². The Hall–Kier alpha value is -1.30. The van der Waals surface area contributed by atoms with Gasteiger partial charge in [-0.05, 0) is 11.1 Å². The van der Waals surface area contributed by atoms with Crippen LogP contribution in [0.1, 0.15) is 12.8 Å². The van der Waals surface area contributed by atoms with E-state index in [1.807, 2.05) is 12.3 Å². The van der Waals surface area contributed by atoms with Crippen LogP contribution in [0.4, 0.5) is 0 Å². The summed E-state index contributed by atoms with van der Waals surface area (Å²) in [6.07, 6.45) is 4.07. The Labute approximate surface area is 114 Å². The third-order valence-electron chi connectivity index (χ3n) is 2.62. The van der Waals surface area contributed by atoms with Crippen molar-refractivity contribution in [1.29, 1.82) is 0 Å². The molecule has 1 unspecified atom stereocenters. The van der Waals surface area contributed by atoms with Crippen LogP contribution >= 0.6 is 15.9 Å². The highest BCUT2D eigenvalue weighted by Crippen LogP contribution is 2.20. The van der Waals surface area contributed by atoms with E-state index in [1.54, 1.807) is 0 Å². The fourth-order valence-corrected chi connectivity index (χ4v) is 1.95. The lowest BCUT2D eigenvalue weighted by Crippen LogP contribution is -2.33. The number of esters is 2. The second-order valence-corrected chi connectivity index (χ2v) is 4.39. The summed E-state index contributed by atoms with van der Waals surface area (Å²) in [5, 5.41) is 3.77. The van der Waals surface area contributed by atoms with E-state index in [1.165, 1.54) is 14.2 Å². The zero-order chi connectivity index (χ0) is 13.5. The third kappa shape index (κ3) is 4.18. The molecule has 1 aliphatic heterocycles. The molecule has 0 aromatic rings. The standard InChI is InChI=1S/C12H16BrNO4/c1-17-11(15)4-9-3-8(6-13)7-14-10(9)5-12(16)18-2/h3,7,10,14H,4-6H2,1-2H3. The zero-order valence-electron chi connectivity index (χ0n) is 10.4. The van der Waals surface area contributed by atoms with Crippen LogP contribution in [-0.2, 0) is 19.1 Å². The molecule has 1 aliphatic rings. The summed E-state index contributed by atoms with van der Waals surface area (Å²) >= 11 is 3.35. The molecule has 1 N–H and O–H groups in total. The average Bonchev–Trinajstić information content (AvgIpc) is 2.40. The zero-order valence-corrected chi connectivity index (χ0v) is 12.0. The minimum Gasteiger partial charge on any atom is -0.469 e. The normalized spacial score (nSPS) is 18.3. The first-order chi connectivity index (χ1) is 8.60. The van der Waals surface area contributed by atoms with Gasteiger partial charge in [0, 0.05) is 11.5 Å². The molecule has 0 spiro atoms. The van der Waals surface area contributed by atoms with Crippen molar-refractivity contribution < 1.29 is 19.1 Å². The Morgan fingerprint density at radius 2 is 2.00 bits per heavy atom. The van der Waals surface area contributed by atoms with Crippen molar-refractivity contribution in [3.8, 4) is 0 Å². The van der Waals surface area contributed by atoms with Gasteiger partial charge in [0.2, 0.25) is 0 Å². The lowest BCUT2D eigenvalue weighted by Gasteiger charge is -2.24. The number of methoxy groups -OCH3 is 2. The van der Waals surface area contributed by atoms with Crippen LogP contribution in [0.25, 0.3) is 0 Å². The Morgan fingerprint density at radius 1 is 1.33 bits per heavy atom. The summed E-state index contributed by atoms with van der Waals surface area (Å²) < 4.78 is 9.28. The van der Waals surface area contributed by atoms with Gasteiger partial charge in [0.25, 0.3) is 0 Å². The Bertz CT molecular complexity index is 390. The average molecular weight is 318 g/mol. The van der Waals surface area contributed by atoms with Crippen molar-refractivity contribution in [3.05, 3.63) is 23.4 Å². The number of allylic oxidation sites excluding steroid dienone is 2. The SMILES string of the molecule is COC(=O)CC1=CC(CBr)=CNC1CC(=O)OC. The topological polar surface area (TPSA) is 64.6 Å². The van der Waals surface area contributed by atoms with Crippen molar-refractivity contribution in [1.82, 2.24) is 5.32 Å². The highest BCUT2D eigenvalue weighted by Gasteiger charge is 2.22. The lowest BCUT2D eigenvalue weighted by molar-refractivity contribution is -0.142. The first kappa shape index (κ1) is 14.8. The first-order valence-corrected chi connectivity index (χ1v) is 6.58. The first-order valence-electron chi connectivity index (χ1n) is 5.45. The summed E-state index contributed by atoms with van der Waals surface area (Å²) in [5.74, 6) is -0.646. The molecule has 5 nitrogen and oxygen atoms in total. The fourth-order valence-electron chi connectivity index (χ4n) is 1.63. The number of alkyl halides is 1. The van der Waals surface area contributed by atoms with Crippen molar-refractivity contribution in [2.24, 2.45) is 0 Å². The maximum atomic E-state index is 11.3. The molecule has 0 saturated carbocycles. The highest BCUT2D eigenvalue weighted by atomic mass is 79.9. The molecule has 1 rings (SSSR count). The molecular weight excluding hydrogens is 302 g/mol. The summed E-state index contributed by atoms with van der Waals surface area (Å²) in [6, 6.07) is -0.223. The minimum atomic E-state index is -0.325. The maximum Gasteiger partial charge on any atom is 0.309 e. The van der Waals surface area contributed by atoms with Crippen LogP contribution in [0, 0.1) is 0 Å². The molecule has 100 valence electrons. The number of dihydropyridines is 1. The van der Waals surface area contributed by atoms with Gasteiger partial charge in [-0.15, -0.1) is 0 Å². The molecule has 0 fully saturated rings. The third-order valence-corrected chi connectivity index (χ3v) is 3.26. The van der Waals surface area contributed by atoms with Gasteiger partial charge in [-0.3, -0.25) is 9.59 Å². The number of halogens is 1. The van der Waals surface area contributed by atoms with E-state index in [9.17, 15) is 9.59 Å². The molecule has 0 amide bonds. The van der Waals surface area contributed by atoms with Crippen molar-refractivity contribution in [3.63, 3.8) is 0 Å². The van der Waals surface area contributed by atoms with Gasteiger partial charge in [-0.1, -0.05) is 22.0 Å². The van der Waals surface area contributed by atoms with E-state index in [-0.39, 0.29) is 30.8 Å². The molecular formula is C12H16BrNO4. The number of carbonyl (C=O) groups excluding carboxylic acids is 2. The number of ether oxygens (including phenoxy) is 2. The van der Waals surface area contributed by atoms with E-state index in [2.05, 4.69) is 30.7 Å². The van der Waals surface area contributed by atoms with Gasteiger partial charge in [-0.25, -0.2) is 0 Å². The Morgan fingerprint density at radius 3 is 2.56 bits per heavy atom. The maximum absolute atomic E-state index is 11.3. The van der Waals surface area contributed by atoms with E-state index in [0.717, 1.165) is 11.1 Å². The van der Waals surface area contributed by atoms with Crippen LogP contribution in [0.15, 0.2) is 23.4 Å². The van der Waals surface area contributed by atoms with Crippen molar-refractivity contribution >= 4 is 27.9 Å². The summed E-state index contributed by atoms with van der Waals surface area (Å²) in [5.41, 5.74) is 1.83. The van der Waals surface area contributed by atoms with Gasteiger partial charge < -0.3 is 14.8 Å². The Balaban J connectivity index is 2.78. The lowest BCUT2D eigenvalue weighted by atomic mass is 9.96. The predicted molar refractivity (Wildman–Crippen MR) is 70.1 cm³/mol. The molecule has 1 atom stereocenters. The molecule has 0 radical (unpaired) electrons. The second kappa shape index (κ2) is 7.20. The second-order valence-electron chi connectivity index (χ2n) is 3.82. The van der Waals surface area contributed by atoms with Gasteiger partial charge in [0.05, 0.1) is 33.1 Å².